The summed E-state index contributed by atoms with van der Waals surface area (Å²) < 4.78 is 0. The average molecular weight is 674 g/mol. The zero-order valence-electron chi connectivity index (χ0n) is 29.2. The lowest BCUT2D eigenvalue weighted by Gasteiger charge is -2.28. The largest absolute Gasteiger partial charge is 0.310 e. The number of benzene rings is 10. The maximum absolute atomic E-state index is 2.42. The van der Waals surface area contributed by atoms with Crippen LogP contribution >= 0.6 is 0 Å². The quantitative estimate of drug-likeness (QED) is 0.159. The van der Waals surface area contributed by atoms with Crippen LogP contribution in [-0.2, 0) is 0 Å². The Bertz CT molecular complexity index is 2930. The van der Waals surface area contributed by atoms with Crippen molar-refractivity contribution in [3.8, 4) is 33.4 Å². The number of hydrogen-bond acceptors (Lipinski definition) is 1. The Labute approximate surface area is 309 Å². The molecule has 10 aromatic carbocycles. The Morgan fingerprint density at radius 1 is 0.245 bits per heavy atom. The van der Waals surface area contributed by atoms with E-state index in [-0.39, 0.29) is 0 Å². The van der Waals surface area contributed by atoms with E-state index in [1.165, 1.54) is 76.5 Å². The highest BCUT2D eigenvalue weighted by Gasteiger charge is 2.19. The molecule has 0 saturated heterocycles. The van der Waals surface area contributed by atoms with Gasteiger partial charge in [-0.3, -0.25) is 0 Å². The molecule has 0 radical (unpaired) electrons. The van der Waals surface area contributed by atoms with E-state index in [4.69, 9.17) is 0 Å². The minimum atomic E-state index is 1.11. The molecule has 0 aromatic heterocycles. The molecule has 248 valence electrons. The molecule has 0 heterocycles. The monoisotopic (exact) mass is 673 g/mol. The van der Waals surface area contributed by atoms with Crippen LogP contribution in [0.25, 0.3) is 76.5 Å². The lowest BCUT2D eigenvalue weighted by Crippen LogP contribution is -2.10. The van der Waals surface area contributed by atoms with Crippen molar-refractivity contribution in [2.45, 2.75) is 0 Å². The summed E-state index contributed by atoms with van der Waals surface area (Å²) in [5.74, 6) is 0. The van der Waals surface area contributed by atoms with Crippen LogP contribution in [0.5, 0.6) is 0 Å². The number of para-hydroxylation sites is 1. The summed E-state index contributed by atoms with van der Waals surface area (Å²) in [6.07, 6.45) is 0. The van der Waals surface area contributed by atoms with Crippen LogP contribution < -0.4 is 4.90 Å². The van der Waals surface area contributed by atoms with Gasteiger partial charge < -0.3 is 4.90 Å². The van der Waals surface area contributed by atoms with Gasteiger partial charge in [0.2, 0.25) is 0 Å². The topological polar surface area (TPSA) is 3.24 Å². The van der Waals surface area contributed by atoms with Gasteiger partial charge in [0.25, 0.3) is 0 Å². The number of anilines is 3. The molecule has 0 aliphatic heterocycles. The molecule has 10 rings (SSSR count). The maximum atomic E-state index is 2.42. The third kappa shape index (κ3) is 5.34. The molecule has 0 bridgehead atoms. The SMILES string of the molecule is c1ccc(-c2ccccc2-c2ccc(N(c3ccccc3)c3ccc(-c4cc5c6ccccc6ccc5c5ccccc45)c4ccccc34)cc2)cc1. The minimum Gasteiger partial charge on any atom is -0.310 e. The summed E-state index contributed by atoms with van der Waals surface area (Å²) in [7, 11) is 0. The van der Waals surface area contributed by atoms with Crippen molar-refractivity contribution in [3.05, 3.63) is 212 Å². The summed E-state index contributed by atoms with van der Waals surface area (Å²) in [5.41, 5.74) is 10.7. The second kappa shape index (κ2) is 13.0. The molecule has 1 heteroatoms. The second-order valence-corrected chi connectivity index (χ2v) is 13.7. The molecule has 0 saturated carbocycles. The zero-order chi connectivity index (χ0) is 35.1. The van der Waals surface area contributed by atoms with E-state index in [1.807, 2.05) is 0 Å². The average Bonchev–Trinajstić information content (AvgIpc) is 3.24. The number of nitrogens with zero attached hydrogens (tertiary/aromatic N) is 1. The first-order valence-electron chi connectivity index (χ1n) is 18.3. The van der Waals surface area contributed by atoms with Crippen molar-refractivity contribution in [3.63, 3.8) is 0 Å². The molecule has 0 unspecified atom stereocenters. The Balaban J connectivity index is 1.15. The first-order chi connectivity index (χ1) is 26.3. The number of fused-ring (bicyclic) bond motifs is 6. The van der Waals surface area contributed by atoms with Crippen LogP contribution in [0.4, 0.5) is 17.1 Å². The third-order valence-corrected chi connectivity index (χ3v) is 10.7. The molecule has 0 aliphatic carbocycles. The van der Waals surface area contributed by atoms with E-state index in [1.54, 1.807) is 0 Å². The molecule has 10 aromatic rings. The predicted molar refractivity (Wildman–Crippen MR) is 227 cm³/mol. The summed E-state index contributed by atoms with van der Waals surface area (Å²) in [4.78, 5) is 2.39. The van der Waals surface area contributed by atoms with Crippen molar-refractivity contribution in [1.29, 1.82) is 0 Å². The fourth-order valence-corrected chi connectivity index (χ4v) is 8.20. The van der Waals surface area contributed by atoms with Crippen LogP contribution in [0.1, 0.15) is 0 Å². The number of hydrogen-bond donors (Lipinski definition) is 0. The van der Waals surface area contributed by atoms with Crippen LogP contribution in [0, 0.1) is 0 Å². The van der Waals surface area contributed by atoms with Crippen molar-refractivity contribution >= 4 is 60.2 Å². The molecule has 0 amide bonds. The zero-order valence-corrected chi connectivity index (χ0v) is 29.2. The molecule has 0 aliphatic rings. The van der Waals surface area contributed by atoms with Crippen molar-refractivity contribution < 1.29 is 0 Å². The molecule has 53 heavy (non-hydrogen) atoms. The van der Waals surface area contributed by atoms with Gasteiger partial charge in [0.1, 0.15) is 0 Å². The van der Waals surface area contributed by atoms with E-state index in [2.05, 4.69) is 217 Å². The van der Waals surface area contributed by atoms with Gasteiger partial charge in [0.15, 0.2) is 0 Å². The summed E-state index contributed by atoms with van der Waals surface area (Å²) in [5, 5.41) is 10.1. The third-order valence-electron chi connectivity index (χ3n) is 10.7. The van der Waals surface area contributed by atoms with Crippen LogP contribution in [0.15, 0.2) is 212 Å². The first-order valence-corrected chi connectivity index (χ1v) is 18.3. The fraction of sp³-hybridized carbons (Fsp3) is 0. The van der Waals surface area contributed by atoms with E-state index in [9.17, 15) is 0 Å². The summed E-state index contributed by atoms with van der Waals surface area (Å²) >= 11 is 0. The lowest BCUT2D eigenvalue weighted by atomic mass is 9.88. The van der Waals surface area contributed by atoms with Crippen molar-refractivity contribution in [1.82, 2.24) is 0 Å². The van der Waals surface area contributed by atoms with Gasteiger partial charge in [-0.2, -0.15) is 0 Å². The fourth-order valence-electron chi connectivity index (χ4n) is 8.20. The lowest BCUT2D eigenvalue weighted by molar-refractivity contribution is 1.30. The highest BCUT2D eigenvalue weighted by Crippen LogP contribution is 2.45. The van der Waals surface area contributed by atoms with Gasteiger partial charge in [-0.15, -0.1) is 0 Å². The van der Waals surface area contributed by atoms with Crippen LogP contribution in [-0.4, -0.2) is 0 Å². The van der Waals surface area contributed by atoms with E-state index in [0.717, 1.165) is 17.1 Å². The van der Waals surface area contributed by atoms with Gasteiger partial charge in [-0.25, -0.2) is 0 Å². The highest BCUT2D eigenvalue weighted by molar-refractivity contribution is 6.22. The first kappa shape index (κ1) is 30.8. The van der Waals surface area contributed by atoms with Crippen LogP contribution in [0.3, 0.4) is 0 Å². The molecule has 0 fully saturated rings. The van der Waals surface area contributed by atoms with E-state index < -0.39 is 0 Å². The van der Waals surface area contributed by atoms with E-state index >= 15 is 0 Å². The number of rotatable bonds is 6. The molecule has 0 atom stereocenters. The highest BCUT2D eigenvalue weighted by atomic mass is 15.1. The maximum Gasteiger partial charge on any atom is 0.0540 e. The van der Waals surface area contributed by atoms with Gasteiger partial charge in [-0.1, -0.05) is 176 Å². The van der Waals surface area contributed by atoms with E-state index in [0.29, 0.717) is 0 Å². The predicted octanol–water partition coefficient (Wildman–Crippen LogP) is 14.8. The molecular formula is C52H35N. The van der Waals surface area contributed by atoms with Gasteiger partial charge in [0, 0.05) is 16.8 Å². The standard InChI is InChI=1S/C52H35N/c1-3-15-36(16-4-1)41-20-9-10-21-42(41)38-27-30-40(31-28-38)53(39-18-5-2-6-19-39)52-34-33-48(45-24-13-14-26-49(45)52)51-35-50-43-22-8-7-17-37(43)29-32-47(50)44-23-11-12-25-46(44)51/h1-35H. The summed E-state index contributed by atoms with van der Waals surface area (Å²) in [6, 6.07) is 77.1. The van der Waals surface area contributed by atoms with Gasteiger partial charge in [0.05, 0.1) is 5.69 Å². The van der Waals surface area contributed by atoms with Gasteiger partial charge in [-0.05, 0) is 107 Å². The van der Waals surface area contributed by atoms with Crippen LogP contribution in [0.2, 0.25) is 0 Å². The summed E-state index contributed by atoms with van der Waals surface area (Å²) in [6.45, 7) is 0. The normalized spacial score (nSPS) is 11.4. The molecular weight excluding hydrogens is 639 g/mol. The molecule has 0 spiro atoms. The Kier molecular flexibility index (Phi) is 7.55. The Morgan fingerprint density at radius 3 is 1.47 bits per heavy atom. The molecule has 0 N–H and O–H groups in total. The minimum absolute atomic E-state index is 1.11. The second-order valence-electron chi connectivity index (χ2n) is 13.7. The van der Waals surface area contributed by atoms with Crippen molar-refractivity contribution in [2.75, 3.05) is 4.90 Å². The van der Waals surface area contributed by atoms with Gasteiger partial charge >= 0.3 is 0 Å². The molecule has 1 nitrogen and oxygen atoms in total. The Morgan fingerprint density at radius 2 is 0.755 bits per heavy atom. The van der Waals surface area contributed by atoms with Crippen molar-refractivity contribution in [2.24, 2.45) is 0 Å². The Hall–Kier alpha value is -6.96. The smallest absolute Gasteiger partial charge is 0.0540 e.